The molecule has 0 fully saturated rings. The van der Waals surface area contributed by atoms with Crippen LogP contribution in [0.2, 0.25) is 0 Å². The number of rotatable bonds is 5. The monoisotopic (exact) mass is 380 g/mol. The molecule has 0 unspecified atom stereocenters. The average molecular weight is 380 g/mol. The second kappa shape index (κ2) is 8.39. The molecule has 0 aliphatic heterocycles. The lowest BCUT2D eigenvalue weighted by Gasteiger charge is -2.30. The molecule has 0 spiro atoms. The summed E-state index contributed by atoms with van der Waals surface area (Å²) in [6.07, 6.45) is -0.973. The van der Waals surface area contributed by atoms with Crippen molar-refractivity contribution in [1.82, 2.24) is 4.90 Å². The normalized spacial score (nSPS) is 13.6. The number of carboxylic acid groups (broad SMARTS) is 1. The van der Waals surface area contributed by atoms with Crippen LogP contribution in [0.15, 0.2) is 12.1 Å². The van der Waals surface area contributed by atoms with Gasteiger partial charge >= 0.3 is 12.1 Å². The van der Waals surface area contributed by atoms with Gasteiger partial charge in [0.15, 0.2) is 0 Å². The Bertz CT molecular complexity index is 715. The molecule has 2 atom stereocenters. The SMILES string of the molecule is Cc1cc(O)cc(C)c1C[C@H](N)C(=O)N(C(=O)OC(C)(C)C)[C@H](C)C(=O)O. The molecule has 2 amide bonds. The van der Waals surface area contributed by atoms with Crippen LogP contribution in [0.5, 0.6) is 5.75 Å². The van der Waals surface area contributed by atoms with Gasteiger partial charge in [-0.05, 0) is 76.8 Å². The highest BCUT2D eigenvalue weighted by molar-refractivity contribution is 5.99. The number of ether oxygens (including phenoxy) is 1. The van der Waals surface area contributed by atoms with Crippen molar-refractivity contribution in [3.63, 3.8) is 0 Å². The molecule has 1 aromatic rings. The van der Waals surface area contributed by atoms with E-state index in [1.54, 1.807) is 46.8 Å². The number of hydrogen-bond acceptors (Lipinski definition) is 6. The Balaban J connectivity index is 3.14. The van der Waals surface area contributed by atoms with Crippen molar-refractivity contribution in [2.24, 2.45) is 5.73 Å². The molecule has 8 nitrogen and oxygen atoms in total. The number of nitrogens with two attached hydrogens (primary N) is 1. The zero-order chi connectivity index (χ0) is 21.1. The van der Waals surface area contributed by atoms with Crippen LogP contribution < -0.4 is 5.73 Å². The lowest BCUT2D eigenvalue weighted by atomic mass is 9.95. The van der Waals surface area contributed by atoms with Crippen LogP contribution in [0.1, 0.15) is 44.4 Å². The van der Waals surface area contributed by atoms with Crippen LogP contribution in [-0.2, 0) is 20.7 Å². The summed E-state index contributed by atoms with van der Waals surface area (Å²) in [5.41, 5.74) is 7.34. The van der Waals surface area contributed by atoms with E-state index in [1.165, 1.54) is 6.92 Å². The highest BCUT2D eigenvalue weighted by Crippen LogP contribution is 2.22. The third kappa shape index (κ3) is 5.96. The fourth-order valence-electron chi connectivity index (χ4n) is 2.64. The van der Waals surface area contributed by atoms with E-state index in [1.807, 2.05) is 0 Å². The zero-order valence-corrected chi connectivity index (χ0v) is 16.6. The van der Waals surface area contributed by atoms with Gasteiger partial charge in [0.2, 0.25) is 5.91 Å². The summed E-state index contributed by atoms with van der Waals surface area (Å²) in [7, 11) is 0. The average Bonchev–Trinajstić information content (AvgIpc) is 2.48. The predicted octanol–water partition coefficient (Wildman–Crippen LogP) is 2.12. The van der Waals surface area contributed by atoms with Crippen molar-refractivity contribution < 1.29 is 29.3 Å². The summed E-state index contributed by atoms with van der Waals surface area (Å²) >= 11 is 0. The maximum absolute atomic E-state index is 12.8. The Morgan fingerprint density at radius 1 is 1.19 bits per heavy atom. The molecule has 0 bridgehead atoms. The zero-order valence-electron chi connectivity index (χ0n) is 16.6. The molecule has 0 aliphatic rings. The number of phenols is 1. The third-order valence-electron chi connectivity index (χ3n) is 3.99. The standard InChI is InChI=1S/C19H28N2O6/c1-10-7-13(22)8-11(2)14(10)9-15(20)16(23)21(12(3)17(24)25)18(26)27-19(4,5)6/h7-8,12,15,22H,9,20H2,1-6H3,(H,24,25)/t12-,15+/m1/s1. The van der Waals surface area contributed by atoms with Gasteiger partial charge in [-0.3, -0.25) is 4.79 Å². The molecule has 150 valence electrons. The number of nitrogens with zero attached hydrogens (tertiary/aromatic N) is 1. The maximum atomic E-state index is 12.8. The summed E-state index contributed by atoms with van der Waals surface area (Å²) in [5, 5.41) is 18.9. The topological polar surface area (TPSA) is 130 Å². The molecule has 0 heterocycles. The van der Waals surface area contributed by atoms with Gasteiger partial charge in [-0.15, -0.1) is 0 Å². The molecule has 0 saturated heterocycles. The van der Waals surface area contributed by atoms with Crippen molar-refractivity contribution in [1.29, 1.82) is 0 Å². The van der Waals surface area contributed by atoms with Gasteiger partial charge in [-0.2, -0.15) is 0 Å². The number of hydrogen-bond donors (Lipinski definition) is 3. The van der Waals surface area contributed by atoms with E-state index in [9.17, 15) is 24.6 Å². The van der Waals surface area contributed by atoms with Crippen LogP contribution in [0.4, 0.5) is 4.79 Å². The van der Waals surface area contributed by atoms with Crippen molar-refractivity contribution in [2.75, 3.05) is 0 Å². The van der Waals surface area contributed by atoms with Gasteiger partial charge < -0.3 is 20.7 Å². The third-order valence-corrected chi connectivity index (χ3v) is 3.99. The lowest BCUT2D eigenvalue weighted by Crippen LogP contribution is -2.55. The molecule has 0 aromatic heterocycles. The molecule has 1 aromatic carbocycles. The molecule has 0 saturated carbocycles. The number of carbonyl (C=O) groups excluding carboxylic acids is 2. The summed E-state index contributed by atoms with van der Waals surface area (Å²) in [6, 6.07) is 0.512. The van der Waals surface area contributed by atoms with E-state index in [0.717, 1.165) is 16.7 Å². The quantitative estimate of drug-likeness (QED) is 0.713. The highest BCUT2D eigenvalue weighted by atomic mass is 16.6. The minimum atomic E-state index is -1.43. The van der Waals surface area contributed by atoms with Crippen LogP contribution in [0.3, 0.4) is 0 Å². The molecule has 0 aliphatic carbocycles. The van der Waals surface area contributed by atoms with Crippen molar-refractivity contribution in [3.05, 3.63) is 28.8 Å². The number of aryl methyl sites for hydroxylation is 2. The second-order valence-corrected chi connectivity index (χ2v) is 7.57. The Morgan fingerprint density at radius 2 is 1.67 bits per heavy atom. The number of aliphatic carboxylic acids is 1. The van der Waals surface area contributed by atoms with E-state index < -0.39 is 35.7 Å². The molecule has 4 N–H and O–H groups in total. The van der Waals surface area contributed by atoms with Crippen molar-refractivity contribution in [2.45, 2.75) is 65.6 Å². The Labute approximate surface area is 158 Å². The van der Waals surface area contributed by atoms with E-state index in [4.69, 9.17) is 10.5 Å². The first kappa shape index (κ1) is 22.4. The maximum Gasteiger partial charge on any atom is 0.417 e. The molecule has 27 heavy (non-hydrogen) atoms. The molecular formula is C19H28N2O6. The van der Waals surface area contributed by atoms with E-state index >= 15 is 0 Å². The Kier molecular flexibility index (Phi) is 6.97. The first-order valence-corrected chi connectivity index (χ1v) is 8.58. The minimum Gasteiger partial charge on any atom is -0.508 e. The van der Waals surface area contributed by atoms with E-state index in [2.05, 4.69) is 0 Å². The predicted molar refractivity (Wildman–Crippen MR) is 99.4 cm³/mol. The van der Waals surface area contributed by atoms with Crippen LogP contribution in [-0.4, -0.2) is 50.8 Å². The van der Waals surface area contributed by atoms with Crippen LogP contribution in [0.25, 0.3) is 0 Å². The van der Waals surface area contributed by atoms with Gasteiger partial charge in [0.1, 0.15) is 17.4 Å². The minimum absolute atomic E-state index is 0.0857. The number of imide groups is 1. The first-order chi connectivity index (χ1) is 12.2. The number of phenolic OH excluding ortho intramolecular Hbond substituents is 1. The second-order valence-electron chi connectivity index (χ2n) is 7.57. The van der Waals surface area contributed by atoms with Crippen LogP contribution >= 0.6 is 0 Å². The van der Waals surface area contributed by atoms with E-state index in [-0.39, 0.29) is 12.2 Å². The highest BCUT2D eigenvalue weighted by Gasteiger charge is 2.37. The fraction of sp³-hybridized carbons (Fsp3) is 0.526. The van der Waals surface area contributed by atoms with Gasteiger partial charge in [0, 0.05) is 0 Å². The van der Waals surface area contributed by atoms with Gasteiger partial charge in [0.05, 0.1) is 6.04 Å². The smallest absolute Gasteiger partial charge is 0.417 e. The van der Waals surface area contributed by atoms with E-state index in [0.29, 0.717) is 4.90 Å². The van der Waals surface area contributed by atoms with Crippen molar-refractivity contribution in [3.8, 4) is 5.75 Å². The Hall–Kier alpha value is -2.61. The molecular weight excluding hydrogens is 352 g/mol. The van der Waals surface area contributed by atoms with Crippen molar-refractivity contribution >= 4 is 18.0 Å². The summed E-state index contributed by atoms with van der Waals surface area (Å²) in [4.78, 5) is 37.1. The van der Waals surface area contributed by atoms with Gasteiger partial charge in [0.25, 0.3) is 0 Å². The van der Waals surface area contributed by atoms with Gasteiger partial charge in [-0.25, -0.2) is 14.5 Å². The number of carbonyl (C=O) groups is 3. The molecule has 0 radical (unpaired) electrons. The lowest BCUT2D eigenvalue weighted by molar-refractivity contribution is -0.149. The summed E-state index contributed by atoms with van der Waals surface area (Å²) in [5.74, 6) is -2.09. The molecule has 8 heteroatoms. The summed E-state index contributed by atoms with van der Waals surface area (Å²) < 4.78 is 5.17. The van der Waals surface area contributed by atoms with Gasteiger partial charge in [-0.1, -0.05) is 0 Å². The largest absolute Gasteiger partial charge is 0.508 e. The first-order valence-electron chi connectivity index (χ1n) is 8.58. The fourth-order valence-corrected chi connectivity index (χ4v) is 2.64. The number of benzene rings is 1. The summed E-state index contributed by atoms with van der Waals surface area (Å²) in [6.45, 7) is 9.59. The molecule has 1 rings (SSSR count). The number of amides is 2. The van der Waals surface area contributed by atoms with Crippen LogP contribution in [0, 0.1) is 13.8 Å². The Morgan fingerprint density at radius 3 is 2.07 bits per heavy atom. The number of carboxylic acids is 1. The number of aromatic hydroxyl groups is 1.